The van der Waals surface area contributed by atoms with Crippen LogP contribution in [0, 0.1) is 10.1 Å². The third-order valence-electron chi connectivity index (χ3n) is 4.13. The molecular weight excluding hydrogens is 356 g/mol. The van der Waals surface area contributed by atoms with Crippen molar-refractivity contribution in [2.75, 3.05) is 7.05 Å². The fourth-order valence-electron chi connectivity index (χ4n) is 2.46. The van der Waals surface area contributed by atoms with E-state index in [2.05, 4.69) is 4.98 Å². The molecular formula is C17H16N4O4S. The zero-order valence-corrected chi connectivity index (χ0v) is 15.0. The van der Waals surface area contributed by atoms with Crippen molar-refractivity contribution in [3.05, 3.63) is 68.1 Å². The van der Waals surface area contributed by atoms with Crippen molar-refractivity contribution in [2.24, 2.45) is 0 Å². The quantitative estimate of drug-likeness (QED) is 0.506. The molecule has 0 aliphatic heterocycles. The summed E-state index contributed by atoms with van der Waals surface area (Å²) in [6.07, 6.45) is 1.08. The van der Waals surface area contributed by atoms with Gasteiger partial charge in [-0.25, -0.2) is 4.98 Å². The number of likely N-dealkylation sites (N-methyl/N-ethyl adjacent to an activating group) is 1. The summed E-state index contributed by atoms with van der Waals surface area (Å²) >= 11 is 1.50. The molecule has 134 valence electrons. The second-order valence-corrected chi connectivity index (χ2v) is 6.87. The fraction of sp³-hybridized carbons (Fsp3) is 0.235. The first-order valence-electron chi connectivity index (χ1n) is 7.83. The number of fused-ring (bicyclic) bond motifs is 1. The molecule has 0 aliphatic carbocycles. The minimum absolute atomic E-state index is 0.237. The van der Waals surface area contributed by atoms with Crippen LogP contribution in [0.2, 0.25) is 0 Å². The molecule has 1 atom stereocenters. The van der Waals surface area contributed by atoms with Gasteiger partial charge in [0.05, 0.1) is 27.4 Å². The third kappa shape index (κ3) is 3.47. The topological polar surface area (TPSA) is 98.3 Å². The molecule has 3 rings (SSSR count). The van der Waals surface area contributed by atoms with Gasteiger partial charge in [0.15, 0.2) is 0 Å². The number of thiazole rings is 1. The number of para-hydroxylation sites is 1. The highest BCUT2D eigenvalue weighted by atomic mass is 32.1. The van der Waals surface area contributed by atoms with E-state index in [-0.39, 0.29) is 24.2 Å². The smallest absolute Gasteiger partial charge is 0.285 e. The first-order chi connectivity index (χ1) is 12.4. The number of hydrogen-bond acceptors (Lipinski definition) is 6. The summed E-state index contributed by atoms with van der Waals surface area (Å²) in [5.74, 6) is -0.334. The Morgan fingerprint density at radius 2 is 2.08 bits per heavy atom. The van der Waals surface area contributed by atoms with E-state index in [4.69, 9.17) is 0 Å². The van der Waals surface area contributed by atoms with Gasteiger partial charge in [0.25, 0.3) is 11.2 Å². The van der Waals surface area contributed by atoms with Gasteiger partial charge in [0, 0.05) is 19.2 Å². The molecule has 2 aromatic heterocycles. The molecule has 0 unspecified atom stereocenters. The van der Waals surface area contributed by atoms with Crippen LogP contribution in [-0.4, -0.2) is 32.3 Å². The Hall–Kier alpha value is -3.07. The minimum Gasteiger partial charge on any atom is -0.335 e. The molecule has 0 aliphatic rings. The van der Waals surface area contributed by atoms with E-state index >= 15 is 0 Å². The third-order valence-corrected chi connectivity index (χ3v) is 5.33. The number of nitro groups is 1. The van der Waals surface area contributed by atoms with Crippen LogP contribution < -0.4 is 5.56 Å². The van der Waals surface area contributed by atoms with Crippen LogP contribution >= 0.6 is 11.3 Å². The average Bonchev–Trinajstić information content (AvgIpc) is 3.06. The number of hydrogen-bond donors (Lipinski definition) is 0. The Morgan fingerprint density at radius 1 is 1.35 bits per heavy atom. The van der Waals surface area contributed by atoms with Crippen LogP contribution in [0.5, 0.6) is 0 Å². The maximum atomic E-state index is 12.5. The molecule has 0 bridgehead atoms. The van der Waals surface area contributed by atoms with Gasteiger partial charge in [-0.05, 0) is 19.1 Å². The molecule has 26 heavy (non-hydrogen) atoms. The highest BCUT2D eigenvalue weighted by molar-refractivity contribution is 7.18. The standard InChI is InChI=1S/C17H16N4O4S/c1-11(17-18-13-5-3-4-6-14(13)26-17)19(2)16(23)10-20-9-12(21(24)25)7-8-15(20)22/h3-9,11H,10H2,1-2H3/t11-/m1/s1. The Balaban J connectivity index is 1.80. The molecule has 0 saturated carbocycles. The Bertz CT molecular complexity index is 1010. The molecule has 3 aromatic rings. The second-order valence-electron chi connectivity index (χ2n) is 5.81. The predicted octanol–water partition coefficient (Wildman–Crippen LogP) is 2.59. The maximum absolute atomic E-state index is 12.5. The Morgan fingerprint density at radius 3 is 2.77 bits per heavy atom. The van der Waals surface area contributed by atoms with Gasteiger partial charge < -0.3 is 4.90 Å². The second kappa shape index (κ2) is 7.04. The summed E-state index contributed by atoms with van der Waals surface area (Å²) in [5, 5.41) is 11.6. The van der Waals surface area contributed by atoms with Gasteiger partial charge in [-0.2, -0.15) is 0 Å². The molecule has 9 heteroatoms. The number of benzene rings is 1. The van der Waals surface area contributed by atoms with E-state index in [0.717, 1.165) is 38.1 Å². The summed E-state index contributed by atoms with van der Waals surface area (Å²) in [4.78, 5) is 40.7. The van der Waals surface area contributed by atoms with Crippen molar-refractivity contribution in [3.8, 4) is 0 Å². The molecule has 2 heterocycles. The van der Waals surface area contributed by atoms with Gasteiger partial charge in [-0.3, -0.25) is 24.3 Å². The molecule has 1 amide bonds. The van der Waals surface area contributed by atoms with Crippen molar-refractivity contribution in [1.82, 2.24) is 14.5 Å². The van der Waals surface area contributed by atoms with Gasteiger partial charge in [0.2, 0.25) is 5.91 Å². The number of amides is 1. The van der Waals surface area contributed by atoms with Crippen LogP contribution in [0.15, 0.2) is 47.4 Å². The number of nitrogens with zero attached hydrogens (tertiary/aromatic N) is 4. The molecule has 0 saturated heterocycles. The number of carbonyl (C=O) groups excluding carboxylic acids is 1. The van der Waals surface area contributed by atoms with Crippen molar-refractivity contribution < 1.29 is 9.72 Å². The van der Waals surface area contributed by atoms with E-state index in [1.54, 1.807) is 7.05 Å². The van der Waals surface area contributed by atoms with Gasteiger partial charge in [-0.15, -0.1) is 11.3 Å². The molecule has 0 N–H and O–H groups in total. The molecule has 0 radical (unpaired) electrons. The van der Waals surface area contributed by atoms with Crippen LogP contribution in [0.25, 0.3) is 10.2 Å². The minimum atomic E-state index is -0.603. The number of rotatable bonds is 5. The summed E-state index contributed by atoms with van der Waals surface area (Å²) in [6.45, 7) is 1.58. The predicted molar refractivity (Wildman–Crippen MR) is 98.2 cm³/mol. The molecule has 0 spiro atoms. The number of aromatic nitrogens is 2. The lowest BCUT2D eigenvalue weighted by molar-refractivity contribution is -0.385. The lowest BCUT2D eigenvalue weighted by Gasteiger charge is -2.23. The van der Waals surface area contributed by atoms with Crippen LogP contribution in [-0.2, 0) is 11.3 Å². The Labute approximate surface area is 152 Å². The van der Waals surface area contributed by atoms with Gasteiger partial charge in [-0.1, -0.05) is 12.1 Å². The van der Waals surface area contributed by atoms with E-state index in [1.807, 2.05) is 31.2 Å². The summed E-state index contributed by atoms with van der Waals surface area (Å²) in [5.41, 5.74) is 0.166. The Kier molecular flexibility index (Phi) is 4.81. The largest absolute Gasteiger partial charge is 0.335 e. The van der Waals surface area contributed by atoms with Crippen molar-refractivity contribution >= 4 is 33.1 Å². The van der Waals surface area contributed by atoms with Crippen LogP contribution in [0.1, 0.15) is 18.0 Å². The first-order valence-corrected chi connectivity index (χ1v) is 8.64. The van der Waals surface area contributed by atoms with Gasteiger partial charge in [0.1, 0.15) is 11.6 Å². The number of pyridine rings is 1. The highest BCUT2D eigenvalue weighted by Gasteiger charge is 2.21. The first kappa shape index (κ1) is 17.7. The molecule has 1 aromatic carbocycles. The van der Waals surface area contributed by atoms with E-state index in [0.29, 0.717) is 0 Å². The van der Waals surface area contributed by atoms with E-state index in [9.17, 15) is 19.7 Å². The van der Waals surface area contributed by atoms with E-state index in [1.165, 1.54) is 16.2 Å². The van der Waals surface area contributed by atoms with Crippen molar-refractivity contribution in [1.29, 1.82) is 0 Å². The summed E-state index contributed by atoms with van der Waals surface area (Å²) in [6, 6.07) is 9.63. The zero-order chi connectivity index (χ0) is 18.8. The molecule has 8 nitrogen and oxygen atoms in total. The van der Waals surface area contributed by atoms with Crippen LogP contribution in [0.3, 0.4) is 0 Å². The van der Waals surface area contributed by atoms with Gasteiger partial charge >= 0.3 is 0 Å². The highest BCUT2D eigenvalue weighted by Crippen LogP contribution is 2.28. The zero-order valence-electron chi connectivity index (χ0n) is 14.2. The summed E-state index contributed by atoms with van der Waals surface area (Å²) in [7, 11) is 1.63. The van der Waals surface area contributed by atoms with Crippen molar-refractivity contribution in [2.45, 2.75) is 19.5 Å². The average molecular weight is 372 g/mol. The summed E-state index contributed by atoms with van der Waals surface area (Å²) < 4.78 is 2.08. The lowest BCUT2D eigenvalue weighted by Crippen LogP contribution is -2.35. The van der Waals surface area contributed by atoms with Crippen LogP contribution in [0.4, 0.5) is 5.69 Å². The van der Waals surface area contributed by atoms with E-state index < -0.39 is 10.5 Å². The monoisotopic (exact) mass is 372 g/mol. The van der Waals surface area contributed by atoms with Crippen molar-refractivity contribution in [3.63, 3.8) is 0 Å². The number of carbonyl (C=O) groups is 1. The fourth-order valence-corrected chi connectivity index (χ4v) is 3.52. The maximum Gasteiger partial charge on any atom is 0.285 e. The normalized spacial score (nSPS) is 12.1. The molecule has 0 fully saturated rings. The SMILES string of the molecule is C[C@H](c1nc2ccccc2s1)N(C)C(=O)Cn1cc([N+](=O)[O-])ccc1=O. The lowest BCUT2D eigenvalue weighted by atomic mass is 10.3.